The number of amides is 1. The molecule has 0 aromatic heterocycles. The lowest BCUT2D eigenvalue weighted by atomic mass is 9.96. The van der Waals surface area contributed by atoms with E-state index in [2.05, 4.69) is 0 Å². The van der Waals surface area contributed by atoms with E-state index in [1.807, 2.05) is 48.5 Å². The molecule has 4 nitrogen and oxygen atoms in total. The van der Waals surface area contributed by atoms with Crippen LogP contribution in [0.4, 0.5) is 0 Å². The van der Waals surface area contributed by atoms with Crippen molar-refractivity contribution >= 4 is 5.91 Å². The number of benzene rings is 2. The number of carbonyl (C=O) groups is 1. The molecular weight excluding hydrogens is 314 g/mol. The molecule has 132 valence electrons. The van der Waals surface area contributed by atoms with Crippen LogP contribution < -0.4 is 0 Å². The van der Waals surface area contributed by atoms with Crippen LogP contribution in [0.5, 0.6) is 0 Å². The van der Waals surface area contributed by atoms with Crippen molar-refractivity contribution in [3.05, 3.63) is 70.8 Å². The van der Waals surface area contributed by atoms with Gasteiger partial charge in [-0.15, -0.1) is 0 Å². The Bertz CT molecular complexity index is 746. The zero-order chi connectivity index (χ0) is 18.0. The van der Waals surface area contributed by atoms with E-state index in [-0.39, 0.29) is 5.91 Å². The van der Waals surface area contributed by atoms with Crippen LogP contribution >= 0.6 is 0 Å². The maximum absolute atomic E-state index is 12.8. The van der Waals surface area contributed by atoms with Gasteiger partial charge in [-0.05, 0) is 55.5 Å². The SMILES string of the molecule is CC(C)(O)CCc1ccc(C(=O)N2Cc3ccccc3[C@@H](O)C2)cc1. The third-order valence-electron chi connectivity index (χ3n) is 4.68. The van der Waals surface area contributed by atoms with Gasteiger partial charge in [-0.1, -0.05) is 36.4 Å². The molecule has 0 aliphatic carbocycles. The highest BCUT2D eigenvalue weighted by Gasteiger charge is 2.27. The van der Waals surface area contributed by atoms with E-state index in [1.165, 1.54) is 0 Å². The van der Waals surface area contributed by atoms with Gasteiger partial charge in [0, 0.05) is 12.1 Å². The molecule has 2 aromatic carbocycles. The van der Waals surface area contributed by atoms with E-state index in [0.29, 0.717) is 25.1 Å². The van der Waals surface area contributed by atoms with E-state index in [1.54, 1.807) is 18.7 Å². The van der Waals surface area contributed by atoms with Gasteiger partial charge in [0.15, 0.2) is 0 Å². The molecule has 0 bridgehead atoms. The van der Waals surface area contributed by atoms with Crippen LogP contribution in [0, 0.1) is 0 Å². The second kappa shape index (κ2) is 6.98. The number of hydrogen-bond donors (Lipinski definition) is 2. The number of aliphatic hydroxyl groups is 2. The van der Waals surface area contributed by atoms with Gasteiger partial charge < -0.3 is 15.1 Å². The highest BCUT2D eigenvalue weighted by Crippen LogP contribution is 2.27. The molecule has 0 saturated carbocycles. The van der Waals surface area contributed by atoms with Crippen LogP contribution in [0.15, 0.2) is 48.5 Å². The third-order valence-corrected chi connectivity index (χ3v) is 4.68. The Labute approximate surface area is 148 Å². The topological polar surface area (TPSA) is 60.8 Å². The molecule has 4 heteroatoms. The van der Waals surface area contributed by atoms with E-state index < -0.39 is 11.7 Å². The molecule has 1 heterocycles. The summed E-state index contributed by atoms with van der Waals surface area (Å²) >= 11 is 0. The second-order valence-corrected chi connectivity index (χ2v) is 7.41. The Morgan fingerprint density at radius 1 is 1.16 bits per heavy atom. The van der Waals surface area contributed by atoms with Crippen molar-refractivity contribution in [2.24, 2.45) is 0 Å². The Hall–Kier alpha value is -2.17. The maximum Gasteiger partial charge on any atom is 0.254 e. The predicted octanol–water partition coefficient (Wildman–Crippen LogP) is 3.08. The molecule has 25 heavy (non-hydrogen) atoms. The molecule has 2 aromatic rings. The summed E-state index contributed by atoms with van der Waals surface area (Å²) in [4.78, 5) is 14.5. The minimum atomic E-state index is -0.689. The highest BCUT2D eigenvalue weighted by molar-refractivity contribution is 5.94. The normalized spacial score (nSPS) is 17.3. The molecule has 1 aliphatic heterocycles. The van der Waals surface area contributed by atoms with Gasteiger partial charge in [-0.2, -0.15) is 0 Å². The fourth-order valence-electron chi connectivity index (χ4n) is 3.18. The predicted molar refractivity (Wildman–Crippen MR) is 97.2 cm³/mol. The first-order chi connectivity index (χ1) is 11.8. The lowest BCUT2D eigenvalue weighted by Gasteiger charge is -2.32. The van der Waals surface area contributed by atoms with Crippen LogP contribution in [0.25, 0.3) is 0 Å². The summed E-state index contributed by atoms with van der Waals surface area (Å²) in [5.74, 6) is -0.0670. The molecule has 0 saturated heterocycles. The number of carbonyl (C=O) groups excluding carboxylic acids is 1. The second-order valence-electron chi connectivity index (χ2n) is 7.41. The first kappa shape index (κ1) is 17.6. The van der Waals surface area contributed by atoms with Gasteiger partial charge in [0.1, 0.15) is 0 Å². The summed E-state index contributed by atoms with van der Waals surface area (Å²) in [5, 5.41) is 20.1. The molecule has 1 aliphatic rings. The van der Waals surface area contributed by atoms with E-state index in [4.69, 9.17) is 0 Å². The number of aryl methyl sites for hydroxylation is 1. The van der Waals surface area contributed by atoms with Gasteiger partial charge in [-0.3, -0.25) is 4.79 Å². The summed E-state index contributed by atoms with van der Waals surface area (Å²) in [6.07, 6.45) is 0.809. The fourth-order valence-corrected chi connectivity index (χ4v) is 3.18. The third kappa shape index (κ3) is 4.27. The quantitative estimate of drug-likeness (QED) is 0.900. The van der Waals surface area contributed by atoms with E-state index in [9.17, 15) is 15.0 Å². The minimum Gasteiger partial charge on any atom is -0.390 e. The molecule has 0 unspecified atom stereocenters. The Morgan fingerprint density at radius 3 is 2.52 bits per heavy atom. The van der Waals surface area contributed by atoms with Crippen LogP contribution in [0.1, 0.15) is 53.4 Å². The molecule has 1 amide bonds. The molecule has 0 fully saturated rings. The number of rotatable bonds is 4. The number of nitrogens with zero attached hydrogens (tertiary/aromatic N) is 1. The lowest BCUT2D eigenvalue weighted by molar-refractivity contribution is 0.0549. The summed E-state index contributed by atoms with van der Waals surface area (Å²) in [5.41, 5.74) is 2.94. The number of fused-ring (bicyclic) bond motifs is 1. The van der Waals surface area contributed by atoms with Gasteiger partial charge in [0.2, 0.25) is 0 Å². The van der Waals surface area contributed by atoms with E-state index >= 15 is 0 Å². The van der Waals surface area contributed by atoms with Gasteiger partial charge in [-0.25, -0.2) is 0 Å². The number of β-amino-alcohol motifs (C(OH)–C–C–N with tert-alkyl or cyclic N) is 1. The zero-order valence-electron chi connectivity index (χ0n) is 14.8. The molecule has 1 atom stereocenters. The Balaban J connectivity index is 1.69. The summed E-state index contributed by atoms with van der Waals surface area (Å²) in [6, 6.07) is 15.2. The minimum absolute atomic E-state index is 0.0670. The number of hydrogen-bond acceptors (Lipinski definition) is 3. The van der Waals surface area contributed by atoms with Crippen LogP contribution in [-0.2, 0) is 13.0 Å². The summed E-state index contributed by atoms with van der Waals surface area (Å²) in [7, 11) is 0. The zero-order valence-corrected chi connectivity index (χ0v) is 14.8. The molecule has 0 spiro atoms. The number of aliphatic hydroxyl groups excluding tert-OH is 1. The van der Waals surface area contributed by atoms with Gasteiger partial charge in [0.25, 0.3) is 5.91 Å². The lowest BCUT2D eigenvalue weighted by Crippen LogP contribution is -2.38. The van der Waals surface area contributed by atoms with Crippen molar-refractivity contribution < 1.29 is 15.0 Å². The molecule has 3 rings (SSSR count). The smallest absolute Gasteiger partial charge is 0.254 e. The first-order valence-corrected chi connectivity index (χ1v) is 8.70. The van der Waals surface area contributed by atoms with Crippen molar-refractivity contribution in [2.45, 2.75) is 44.9 Å². The standard InChI is InChI=1S/C21H25NO3/c1-21(2,25)12-11-15-7-9-16(10-8-15)20(24)22-13-17-5-3-4-6-18(17)19(23)14-22/h3-10,19,23,25H,11-14H2,1-2H3/t19-/m0/s1. The van der Waals surface area contributed by atoms with Crippen molar-refractivity contribution in [2.75, 3.05) is 6.54 Å². The van der Waals surface area contributed by atoms with Crippen molar-refractivity contribution in [1.82, 2.24) is 4.90 Å². The van der Waals surface area contributed by atoms with Crippen molar-refractivity contribution in [3.63, 3.8) is 0 Å². The van der Waals surface area contributed by atoms with E-state index in [0.717, 1.165) is 23.1 Å². The average Bonchev–Trinajstić information content (AvgIpc) is 2.59. The van der Waals surface area contributed by atoms with Gasteiger partial charge in [0.05, 0.1) is 18.2 Å². The first-order valence-electron chi connectivity index (χ1n) is 8.70. The molecule has 0 radical (unpaired) electrons. The fraction of sp³-hybridized carbons (Fsp3) is 0.381. The van der Waals surface area contributed by atoms with Crippen molar-refractivity contribution in [3.8, 4) is 0 Å². The largest absolute Gasteiger partial charge is 0.390 e. The average molecular weight is 339 g/mol. The van der Waals surface area contributed by atoms with Crippen molar-refractivity contribution in [1.29, 1.82) is 0 Å². The van der Waals surface area contributed by atoms with Crippen LogP contribution in [0.3, 0.4) is 0 Å². The highest BCUT2D eigenvalue weighted by atomic mass is 16.3. The monoisotopic (exact) mass is 339 g/mol. The van der Waals surface area contributed by atoms with Crippen LogP contribution in [0.2, 0.25) is 0 Å². The summed E-state index contributed by atoms with van der Waals surface area (Å²) < 4.78 is 0. The van der Waals surface area contributed by atoms with Gasteiger partial charge >= 0.3 is 0 Å². The molecular formula is C21H25NO3. The Morgan fingerprint density at radius 2 is 1.84 bits per heavy atom. The maximum atomic E-state index is 12.8. The molecule has 2 N–H and O–H groups in total. The summed E-state index contributed by atoms with van der Waals surface area (Å²) in [6.45, 7) is 4.43. The van der Waals surface area contributed by atoms with Crippen LogP contribution in [-0.4, -0.2) is 33.2 Å². The Kier molecular flexibility index (Phi) is 4.93.